The molecule has 2 fully saturated rings. The highest BCUT2D eigenvalue weighted by Gasteiger charge is 2.41. The summed E-state index contributed by atoms with van der Waals surface area (Å²) in [5.74, 6) is 1.06. The van der Waals surface area contributed by atoms with Crippen LogP contribution in [0.5, 0.6) is 5.75 Å². The molecular weight excluding hydrogens is 449 g/mol. The minimum Gasteiger partial charge on any atom is -0.496 e. The van der Waals surface area contributed by atoms with Gasteiger partial charge in [0.2, 0.25) is 0 Å². The SMILES string of the molecule is COc1cc(C(=O)N2CCOCC2)ccc1Cc1nc2c(c(NC3CC3)n1)C(C(F)(F)F)=CC2. The summed E-state index contributed by atoms with van der Waals surface area (Å²) in [6.45, 7) is 2.10. The molecule has 0 atom stereocenters. The van der Waals surface area contributed by atoms with Crippen molar-refractivity contribution < 1.29 is 27.4 Å². The first kappa shape index (κ1) is 22.6. The van der Waals surface area contributed by atoms with Crippen molar-refractivity contribution >= 4 is 17.3 Å². The molecule has 0 spiro atoms. The summed E-state index contributed by atoms with van der Waals surface area (Å²) in [5.41, 5.74) is 1.01. The largest absolute Gasteiger partial charge is 0.496 e. The Kier molecular flexibility index (Phi) is 5.93. The summed E-state index contributed by atoms with van der Waals surface area (Å²) < 4.78 is 51.5. The normalized spacial score (nSPS) is 17.9. The van der Waals surface area contributed by atoms with Crippen LogP contribution in [-0.4, -0.2) is 66.4 Å². The third-order valence-electron chi connectivity index (χ3n) is 6.20. The lowest BCUT2D eigenvalue weighted by atomic mass is 10.0. The second-order valence-electron chi connectivity index (χ2n) is 8.66. The van der Waals surface area contributed by atoms with Crippen molar-refractivity contribution in [3.8, 4) is 5.75 Å². The number of rotatable bonds is 6. The molecule has 10 heteroatoms. The van der Waals surface area contributed by atoms with E-state index in [-0.39, 0.29) is 36.2 Å². The van der Waals surface area contributed by atoms with E-state index in [0.29, 0.717) is 49.1 Å². The Morgan fingerprint density at radius 2 is 2.00 bits per heavy atom. The minimum absolute atomic E-state index is 0.0570. The zero-order valence-electron chi connectivity index (χ0n) is 18.7. The number of methoxy groups -OCH3 is 1. The number of nitrogens with one attached hydrogen (secondary N) is 1. The van der Waals surface area contributed by atoms with E-state index in [9.17, 15) is 18.0 Å². The fraction of sp³-hybridized carbons (Fsp3) is 0.458. The minimum atomic E-state index is -4.46. The number of carbonyl (C=O) groups is 1. The van der Waals surface area contributed by atoms with Gasteiger partial charge in [0.05, 0.1) is 37.2 Å². The highest BCUT2D eigenvalue weighted by molar-refractivity contribution is 5.94. The van der Waals surface area contributed by atoms with Crippen LogP contribution in [-0.2, 0) is 17.6 Å². The molecule has 1 aromatic heterocycles. The van der Waals surface area contributed by atoms with E-state index in [1.165, 1.54) is 13.2 Å². The Hall–Kier alpha value is -3.14. The Morgan fingerprint density at radius 3 is 2.68 bits per heavy atom. The van der Waals surface area contributed by atoms with Crippen molar-refractivity contribution in [2.75, 3.05) is 38.7 Å². The number of ether oxygens (including phenoxy) is 2. The molecule has 7 nitrogen and oxygen atoms in total. The molecule has 5 rings (SSSR count). The van der Waals surface area contributed by atoms with Gasteiger partial charge in [0.15, 0.2) is 0 Å². The number of nitrogens with zero attached hydrogens (tertiary/aromatic N) is 3. The number of fused-ring (bicyclic) bond motifs is 1. The third kappa shape index (κ3) is 4.59. The van der Waals surface area contributed by atoms with Crippen molar-refractivity contribution in [1.29, 1.82) is 0 Å². The highest BCUT2D eigenvalue weighted by atomic mass is 19.4. The van der Waals surface area contributed by atoms with Gasteiger partial charge in [0.1, 0.15) is 17.4 Å². The predicted molar refractivity (Wildman–Crippen MR) is 119 cm³/mol. The smallest absolute Gasteiger partial charge is 0.416 e. The topological polar surface area (TPSA) is 76.6 Å². The van der Waals surface area contributed by atoms with E-state index in [2.05, 4.69) is 15.3 Å². The van der Waals surface area contributed by atoms with Gasteiger partial charge in [-0.1, -0.05) is 12.1 Å². The number of anilines is 1. The molecule has 2 heterocycles. The molecule has 2 aliphatic carbocycles. The number of carbonyl (C=O) groups excluding carboxylic acids is 1. The van der Waals surface area contributed by atoms with Gasteiger partial charge in [0.25, 0.3) is 5.91 Å². The first-order valence-corrected chi connectivity index (χ1v) is 11.3. The van der Waals surface area contributed by atoms with Crippen molar-refractivity contribution in [3.05, 3.63) is 52.5 Å². The van der Waals surface area contributed by atoms with Crippen LogP contribution in [0.1, 0.15) is 45.8 Å². The van der Waals surface area contributed by atoms with Crippen LogP contribution in [0.3, 0.4) is 0 Å². The Labute approximate surface area is 195 Å². The van der Waals surface area contributed by atoms with Crippen molar-refractivity contribution in [2.24, 2.45) is 0 Å². The van der Waals surface area contributed by atoms with Gasteiger partial charge < -0.3 is 19.7 Å². The van der Waals surface area contributed by atoms with E-state index in [0.717, 1.165) is 18.4 Å². The predicted octanol–water partition coefficient (Wildman–Crippen LogP) is 3.62. The van der Waals surface area contributed by atoms with Crippen molar-refractivity contribution in [2.45, 2.75) is 37.9 Å². The lowest BCUT2D eigenvalue weighted by Gasteiger charge is -2.27. The van der Waals surface area contributed by atoms with Gasteiger partial charge in [-0.25, -0.2) is 9.97 Å². The fourth-order valence-corrected chi connectivity index (χ4v) is 4.29. The summed E-state index contributed by atoms with van der Waals surface area (Å²) >= 11 is 0. The first-order valence-electron chi connectivity index (χ1n) is 11.3. The number of aromatic nitrogens is 2. The van der Waals surface area contributed by atoms with Gasteiger partial charge in [-0.05, 0) is 25.0 Å². The molecule has 34 heavy (non-hydrogen) atoms. The van der Waals surface area contributed by atoms with Crippen LogP contribution in [0.15, 0.2) is 24.3 Å². The molecule has 0 unspecified atom stereocenters. The molecule has 0 radical (unpaired) electrons. The number of amides is 1. The van der Waals surface area contributed by atoms with Crippen molar-refractivity contribution in [1.82, 2.24) is 14.9 Å². The highest BCUT2D eigenvalue weighted by Crippen LogP contribution is 2.43. The number of allylic oxidation sites excluding steroid dienone is 2. The molecule has 180 valence electrons. The van der Waals surface area contributed by atoms with Crippen LogP contribution in [0.25, 0.3) is 5.57 Å². The molecule has 1 saturated heterocycles. The van der Waals surface area contributed by atoms with Gasteiger partial charge in [-0.2, -0.15) is 13.2 Å². The average molecular weight is 474 g/mol. The van der Waals surface area contributed by atoms with Gasteiger partial charge in [-0.15, -0.1) is 0 Å². The Morgan fingerprint density at radius 1 is 1.24 bits per heavy atom. The number of hydrogen-bond acceptors (Lipinski definition) is 6. The van der Waals surface area contributed by atoms with Crippen LogP contribution >= 0.6 is 0 Å². The summed E-state index contributed by atoms with van der Waals surface area (Å²) in [5, 5.41) is 3.15. The molecule has 1 aliphatic heterocycles. The lowest BCUT2D eigenvalue weighted by molar-refractivity contribution is -0.0687. The quantitative estimate of drug-likeness (QED) is 0.689. The molecule has 3 aliphatic rings. The van der Waals surface area contributed by atoms with E-state index in [1.54, 1.807) is 23.1 Å². The molecule has 1 saturated carbocycles. The van der Waals surface area contributed by atoms with E-state index >= 15 is 0 Å². The first-order chi connectivity index (χ1) is 16.3. The molecule has 1 aromatic carbocycles. The van der Waals surface area contributed by atoms with Crippen LogP contribution in [0, 0.1) is 0 Å². The zero-order valence-corrected chi connectivity index (χ0v) is 18.7. The van der Waals surface area contributed by atoms with Gasteiger partial charge in [-0.3, -0.25) is 4.79 Å². The lowest BCUT2D eigenvalue weighted by Crippen LogP contribution is -2.40. The summed E-state index contributed by atoms with van der Waals surface area (Å²) in [6.07, 6.45) is -1.08. The molecule has 1 N–H and O–H groups in total. The standard InChI is InChI=1S/C24H25F3N4O3/c1-33-19-12-15(23(32)31-8-10-34-11-9-31)3-2-14(19)13-20-29-18-7-6-17(24(25,26)27)21(18)22(30-20)28-16-4-5-16/h2-3,6,12,16H,4-5,7-11,13H2,1H3,(H,28,29,30). The molecular formula is C24H25F3N4O3. The molecule has 0 bridgehead atoms. The number of hydrogen-bond donors (Lipinski definition) is 1. The maximum Gasteiger partial charge on any atom is 0.416 e. The average Bonchev–Trinajstić information content (AvgIpc) is 3.53. The summed E-state index contributed by atoms with van der Waals surface area (Å²) in [4.78, 5) is 23.5. The number of halogens is 3. The zero-order chi connectivity index (χ0) is 23.9. The van der Waals surface area contributed by atoms with Crippen molar-refractivity contribution in [3.63, 3.8) is 0 Å². The second kappa shape index (κ2) is 8.90. The monoisotopic (exact) mass is 474 g/mol. The van der Waals surface area contributed by atoms with Crippen LogP contribution in [0.4, 0.5) is 19.0 Å². The second-order valence-corrected chi connectivity index (χ2v) is 8.66. The summed E-state index contributed by atoms with van der Waals surface area (Å²) in [7, 11) is 1.52. The van der Waals surface area contributed by atoms with E-state index in [1.807, 2.05) is 0 Å². The van der Waals surface area contributed by atoms with Crippen LogP contribution in [0.2, 0.25) is 0 Å². The Balaban J connectivity index is 1.42. The van der Waals surface area contributed by atoms with E-state index < -0.39 is 11.7 Å². The number of benzene rings is 1. The summed E-state index contributed by atoms with van der Waals surface area (Å²) in [6, 6.07) is 5.35. The van der Waals surface area contributed by atoms with E-state index in [4.69, 9.17) is 9.47 Å². The van der Waals surface area contributed by atoms with Crippen LogP contribution < -0.4 is 10.1 Å². The maximum atomic E-state index is 13.6. The molecule has 2 aromatic rings. The van der Waals surface area contributed by atoms with Gasteiger partial charge >= 0.3 is 6.18 Å². The fourth-order valence-electron chi connectivity index (χ4n) is 4.29. The third-order valence-corrected chi connectivity index (χ3v) is 6.20. The number of morpholine rings is 1. The van der Waals surface area contributed by atoms with Gasteiger partial charge in [0, 0.05) is 43.1 Å². The Bertz CT molecular complexity index is 1140. The number of alkyl halides is 3. The maximum absolute atomic E-state index is 13.6. The molecule has 1 amide bonds.